The number of likely N-dealkylation sites (N-methyl/N-ethyl adjacent to an activating group) is 1. The lowest BCUT2D eigenvalue weighted by atomic mass is 10.1. The fourth-order valence-electron chi connectivity index (χ4n) is 2.08. The Balaban J connectivity index is 2.30. The molecule has 0 aliphatic carbocycles. The molecular weight excluding hydrogens is 246 g/mol. The van der Waals surface area contributed by atoms with E-state index in [0.717, 1.165) is 11.3 Å². The molecule has 2 aromatic rings. The van der Waals surface area contributed by atoms with Crippen LogP contribution in [0.15, 0.2) is 29.4 Å². The smallest absolute Gasteiger partial charge is 0.246 e. The number of para-hydroxylation sites is 1. The molecule has 0 saturated carbocycles. The van der Waals surface area contributed by atoms with Gasteiger partial charge >= 0.3 is 0 Å². The summed E-state index contributed by atoms with van der Waals surface area (Å²) in [4.78, 5) is 16.4. The van der Waals surface area contributed by atoms with Gasteiger partial charge in [-0.1, -0.05) is 12.1 Å². The molecule has 1 aliphatic heterocycles. The van der Waals surface area contributed by atoms with E-state index in [2.05, 4.69) is 20.2 Å². The summed E-state index contributed by atoms with van der Waals surface area (Å²) in [7, 11) is 1.70. The van der Waals surface area contributed by atoms with Gasteiger partial charge in [0.05, 0.1) is 5.69 Å². The molecule has 0 radical (unpaired) electrons. The Morgan fingerprint density at radius 2 is 2.16 bits per heavy atom. The van der Waals surface area contributed by atoms with Crippen molar-refractivity contribution in [1.82, 2.24) is 14.8 Å². The van der Waals surface area contributed by atoms with E-state index in [1.54, 1.807) is 11.9 Å². The maximum absolute atomic E-state index is 12.1. The van der Waals surface area contributed by atoms with Gasteiger partial charge in [0.25, 0.3) is 0 Å². The number of azide groups is 1. The minimum atomic E-state index is -0.125. The van der Waals surface area contributed by atoms with Crippen LogP contribution in [0.2, 0.25) is 0 Å². The monoisotopic (exact) mass is 255 g/mol. The van der Waals surface area contributed by atoms with Crippen molar-refractivity contribution in [3.8, 4) is 11.4 Å². The number of anilines is 1. The second kappa shape index (κ2) is 4.11. The van der Waals surface area contributed by atoms with Crippen molar-refractivity contribution in [2.45, 2.75) is 6.54 Å². The minimum absolute atomic E-state index is 0.0435. The Morgan fingerprint density at radius 1 is 1.37 bits per heavy atom. The van der Waals surface area contributed by atoms with Crippen LogP contribution in [-0.2, 0) is 11.3 Å². The van der Waals surface area contributed by atoms with E-state index in [1.165, 1.54) is 4.57 Å². The summed E-state index contributed by atoms with van der Waals surface area (Å²) in [5.74, 6) is 0.493. The summed E-state index contributed by atoms with van der Waals surface area (Å²) < 4.78 is 1.52. The molecular formula is C11H9N7O. The molecule has 0 atom stereocenters. The Morgan fingerprint density at radius 3 is 2.95 bits per heavy atom. The summed E-state index contributed by atoms with van der Waals surface area (Å²) >= 11 is 0. The normalized spacial score (nSPS) is 13.3. The van der Waals surface area contributed by atoms with Gasteiger partial charge in [-0.2, -0.15) is 0 Å². The van der Waals surface area contributed by atoms with E-state index in [0.29, 0.717) is 5.82 Å². The van der Waals surface area contributed by atoms with Gasteiger partial charge in [0, 0.05) is 17.5 Å². The lowest BCUT2D eigenvalue weighted by molar-refractivity contribution is -0.118. The van der Waals surface area contributed by atoms with Gasteiger partial charge < -0.3 is 4.90 Å². The Labute approximate surface area is 107 Å². The highest BCUT2D eigenvalue weighted by Gasteiger charge is 2.26. The van der Waals surface area contributed by atoms with Crippen LogP contribution in [0.25, 0.3) is 21.8 Å². The van der Waals surface area contributed by atoms with Crippen LogP contribution >= 0.6 is 0 Å². The van der Waals surface area contributed by atoms with Gasteiger partial charge in [-0.05, 0) is 22.8 Å². The van der Waals surface area contributed by atoms with Crippen molar-refractivity contribution in [1.29, 1.82) is 0 Å². The fourth-order valence-corrected chi connectivity index (χ4v) is 2.08. The molecule has 1 amide bonds. The second-order valence-electron chi connectivity index (χ2n) is 4.07. The molecule has 8 nitrogen and oxygen atoms in total. The van der Waals surface area contributed by atoms with Gasteiger partial charge in [-0.3, -0.25) is 9.36 Å². The zero-order chi connectivity index (χ0) is 13.4. The summed E-state index contributed by atoms with van der Waals surface area (Å²) in [6.45, 7) is 0.0435. The average Bonchev–Trinajstić information content (AvgIpc) is 2.77. The highest BCUT2D eigenvalue weighted by atomic mass is 16.2. The van der Waals surface area contributed by atoms with Gasteiger partial charge in [0.15, 0.2) is 5.82 Å². The molecule has 94 valence electrons. The van der Waals surface area contributed by atoms with Crippen molar-refractivity contribution in [2.75, 3.05) is 11.9 Å². The van der Waals surface area contributed by atoms with E-state index >= 15 is 0 Å². The zero-order valence-corrected chi connectivity index (χ0v) is 10.1. The number of fused-ring (bicyclic) bond motifs is 3. The first-order valence-corrected chi connectivity index (χ1v) is 5.56. The predicted molar refractivity (Wildman–Crippen MR) is 67.7 cm³/mol. The first-order chi connectivity index (χ1) is 9.22. The third kappa shape index (κ3) is 1.62. The van der Waals surface area contributed by atoms with E-state index < -0.39 is 0 Å². The highest BCUT2D eigenvalue weighted by Crippen LogP contribution is 2.33. The number of hydrogen-bond acceptors (Lipinski definition) is 4. The molecule has 0 unspecified atom stereocenters. The molecule has 3 rings (SSSR count). The number of benzene rings is 1. The Bertz CT molecular complexity index is 714. The molecule has 1 aliphatic rings. The molecule has 0 saturated heterocycles. The minimum Gasteiger partial charge on any atom is -0.313 e. The number of carbonyl (C=O) groups excluding carboxylic acids is 1. The summed E-state index contributed by atoms with van der Waals surface area (Å²) in [6.07, 6.45) is 0. The van der Waals surface area contributed by atoms with Crippen LogP contribution < -0.4 is 4.90 Å². The van der Waals surface area contributed by atoms with Crippen molar-refractivity contribution >= 4 is 17.5 Å². The number of aromatic nitrogens is 3. The number of nitrogens with zero attached hydrogens (tertiary/aromatic N) is 7. The lowest BCUT2D eigenvalue weighted by Crippen LogP contribution is -2.28. The van der Waals surface area contributed by atoms with E-state index in [4.69, 9.17) is 5.53 Å². The molecule has 19 heavy (non-hydrogen) atoms. The average molecular weight is 255 g/mol. The number of carbonyl (C=O) groups is 1. The summed E-state index contributed by atoms with van der Waals surface area (Å²) in [6, 6.07) is 7.40. The first kappa shape index (κ1) is 11.2. The molecule has 0 N–H and O–H groups in total. The highest BCUT2D eigenvalue weighted by molar-refractivity contribution is 5.98. The lowest BCUT2D eigenvalue weighted by Gasteiger charge is -2.16. The van der Waals surface area contributed by atoms with Gasteiger partial charge in [0.1, 0.15) is 6.54 Å². The molecule has 0 fully saturated rings. The van der Waals surface area contributed by atoms with E-state index in [-0.39, 0.29) is 18.4 Å². The zero-order valence-electron chi connectivity index (χ0n) is 10.1. The second-order valence-corrected chi connectivity index (χ2v) is 4.07. The molecule has 0 bridgehead atoms. The number of amides is 1. The summed E-state index contributed by atoms with van der Waals surface area (Å²) in [5, 5.41) is 11.3. The number of hydrogen-bond donors (Lipinski definition) is 0. The standard InChI is InChI=1S/C11H9N7O/c1-17-8-5-3-2-4-7(8)10-13-14-11(15-16-12)18(10)6-9(17)19/h2-5H,6H2,1H3. The fraction of sp³-hybridized carbons (Fsp3) is 0.182. The molecule has 2 heterocycles. The van der Waals surface area contributed by atoms with Crippen LogP contribution in [0, 0.1) is 0 Å². The van der Waals surface area contributed by atoms with Crippen molar-refractivity contribution in [3.05, 3.63) is 34.7 Å². The van der Waals surface area contributed by atoms with Gasteiger partial charge in [-0.15, -0.1) is 10.2 Å². The molecule has 1 aromatic carbocycles. The molecule has 1 aromatic heterocycles. The molecule has 8 heteroatoms. The van der Waals surface area contributed by atoms with Crippen LogP contribution in [0.5, 0.6) is 0 Å². The Hall–Kier alpha value is -2.86. The van der Waals surface area contributed by atoms with Crippen LogP contribution in [0.1, 0.15) is 0 Å². The third-order valence-corrected chi connectivity index (χ3v) is 3.04. The first-order valence-electron chi connectivity index (χ1n) is 5.56. The molecule has 0 spiro atoms. The largest absolute Gasteiger partial charge is 0.313 e. The quantitative estimate of drug-likeness (QED) is 0.441. The van der Waals surface area contributed by atoms with Crippen LogP contribution in [0.3, 0.4) is 0 Å². The van der Waals surface area contributed by atoms with E-state index in [1.807, 2.05) is 24.3 Å². The maximum Gasteiger partial charge on any atom is 0.246 e. The third-order valence-electron chi connectivity index (χ3n) is 3.04. The van der Waals surface area contributed by atoms with Crippen molar-refractivity contribution in [3.63, 3.8) is 0 Å². The Kier molecular flexibility index (Phi) is 2.43. The van der Waals surface area contributed by atoms with Crippen molar-refractivity contribution in [2.24, 2.45) is 5.11 Å². The summed E-state index contributed by atoms with van der Waals surface area (Å²) in [5.41, 5.74) is 10.0. The number of rotatable bonds is 1. The predicted octanol–water partition coefficient (Wildman–Crippen LogP) is 1.86. The maximum atomic E-state index is 12.1. The van der Waals surface area contributed by atoms with E-state index in [9.17, 15) is 4.79 Å². The van der Waals surface area contributed by atoms with Crippen LogP contribution in [0.4, 0.5) is 11.6 Å². The van der Waals surface area contributed by atoms with Crippen LogP contribution in [-0.4, -0.2) is 27.7 Å². The SMILES string of the molecule is CN1C(=O)Cn2c(N=[N+]=[N-])nnc2-c2ccccc21. The topological polar surface area (TPSA) is 99.8 Å². The van der Waals surface area contributed by atoms with Crippen molar-refractivity contribution < 1.29 is 4.79 Å². The van der Waals surface area contributed by atoms with Gasteiger partial charge in [-0.25, -0.2) is 0 Å². The van der Waals surface area contributed by atoms with Gasteiger partial charge in [0.2, 0.25) is 11.9 Å².